The van der Waals surface area contributed by atoms with Gasteiger partial charge in [-0.2, -0.15) is 0 Å². The van der Waals surface area contributed by atoms with Crippen molar-refractivity contribution in [1.82, 2.24) is 4.90 Å². The summed E-state index contributed by atoms with van der Waals surface area (Å²) in [4.78, 5) is 12.5. The van der Waals surface area contributed by atoms with Gasteiger partial charge >= 0.3 is 0 Å². The average Bonchev–Trinajstić information content (AvgIpc) is 2.02. The molecule has 0 aromatic rings. The van der Waals surface area contributed by atoms with Gasteiger partial charge < -0.3 is 9.64 Å². The molecule has 1 heterocycles. The van der Waals surface area contributed by atoms with E-state index in [4.69, 9.17) is 4.74 Å². The van der Waals surface area contributed by atoms with E-state index in [1.807, 2.05) is 11.9 Å². The van der Waals surface area contributed by atoms with Gasteiger partial charge in [0.05, 0.1) is 6.10 Å². The van der Waals surface area contributed by atoms with Crippen LogP contribution in [-0.4, -0.2) is 49.7 Å². The number of alkyl halides is 1. The minimum absolute atomic E-state index is 0.0365. The third kappa shape index (κ3) is 3.40. The van der Waals surface area contributed by atoms with Gasteiger partial charge in [-0.25, -0.2) is 4.39 Å². The molecule has 4 heteroatoms. The van der Waals surface area contributed by atoms with Crippen molar-refractivity contribution in [2.75, 3.05) is 26.7 Å². The number of carbonyl (C=O) groups is 1. The summed E-state index contributed by atoms with van der Waals surface area (Å²) in [6.07, 6.45) is -0.677. The number of nitrogens with zero attached hydrogens (tertiary/aromatic N) is 1. The van der Waals surface area contributed by atoms with Gasteiger partial charge in [0.1, 0.15) is 12.8 Å². The van der Waals surface area contributed by atoms with Crippen LogP contribution in [0.4, 0.5) is 4.39 Å². The van der Waals surface area contributed by atoms with Gasteiger partial charge in [0.15, 0.2) is 5.78 Å². The number of ketones is 1. The molecule has 76 valence electrons. The topological polar surface area (TPSA) is 29.5 Å². The van der Waals surface area contributed by atoms with Crippen LogP contribution in [0.5, 0.6) is 0 Å². The Morgan fingerprint density at radius 1 is 1.69 bits per heavy atom. The van der Waals surface area contributed by atoms with Crippen molar-refractivity contribution in [3.05, 3.63) is 0 Å². The minimum Gasteiger partial charge on any atom is -0.367 e. The zero-order valence-corrected chi connectivity index (χ0v) is 8.12. The fourth-order valence-corrected chi connectivity index (χ4v) is 1.45. The molecule has 1 saturated heterocycles. The number of piperidine rings is 1. The molecule has 0 N–H and O–H groups in total. The maximum atomic E-state index is 13.3. The summed E-state index contributed by atoms with van der Waals surface area (Å²) < 4.78 is 18.4. The lowest BCUT2D eigenvalue weighted by Crippen LogP contribution is -2.44. The Hall–Kier alpha value is -0.480. The van der Waals surface area contributed by atoms with Crippen LogP contribution in [-0.2, 0) is 9.53 Å². The molecule has 1 aliphatic rings. The number of halogens is 1. The van der Waals surface area contributed by atoms with Crippen molar-refractivity contribution in [3.8, 4) is 0 Å². The summed E-state index contributed by atoms with van der Waals surface area (Å²) >= 11 is 0. The molecule has 2 atom stereocenters. The van der Waals surface area contributed by atoms with Gasteiger partial charge in [0.25, 0.3) is 0 Å². The lowest BCUT2D eigenvalue weighted by Gasteiger charge is -2.31. The van der Waals surface area contributed by atoms with Crippen LogP contribution in [0, 0.1) is 0 Å². The van der Waals surface area contributed by atoms with E-state index in [0.717, 1.165) is 6.54 Å². The molecule has 0 saturated carbocycles. The molecule has 0 bridgehead atoms. The molecule has 0 spiro atoms. The van der Waals surface area contributed by atoms with Crippen molar-refractivity contribution in [1.29, 1.82) is 0 Å². The van der Waals surface area contributed by atoms with Crippen LogP contribution in [0.2, 0.25) is 0 Å². The zero-order chi connectivity index (χ0) is 9.84. The number of carbonyl (C=O) groups excluding carboxylic acids is 1. The van der Waals surface area contributed by atoms with Crippen molar-refractivity contribution < 1.29 is 13.9 Å². The summed E-state index contributed by atoms with van der Waals surface area (Å²) in [5, 5.41) is 0. The number of hydrogen-bond donors (Lipinski definition) is 0. The number of rotatable bonds is 3. The second kappa shape index (κ2) is 4.67. The highest BCUT2D eigenvalue weighted by Crippen LogP contribution is 2.15. The fraction of sp³-hybridized carbons (Fsp3) is 0.889. The fourth-order valence-electron chi connectivity index (χ4n) is 1.45. The van der Waals surface area contributed by atoms with Gasteiger partial charge in [0, 0.05) is 13.1 Å². The van der Waals surface area contributed by atoms with Crippen LogP contribution in [0.1, 0.15) is 13.3 Å². The van der Waals surface area contributed by atoms with E-state index in [1.54, 1.807) is 0 Å². The highest BCUT2D eigenvalue weighted by Gasteiger charge is 2.28. The predicted octanol–water partition coefficient (Wildman–Crippen LogP) is 0.634. The summed E-state index contributed by atoms with van der Waals surface area (Å²) in [5.41, 5.74) is 0. The number of likely N-dealkylation sites (tertiary alicyclic amines) is 1. The Morgan fingerprint density at radius 2 is 2.38 bits per heavy atom. The molecular weight excluding hydrogens is 173 g/mol. The van der Waals surface area contributed by atoms with Crippen molar-refractivity contribution >= 4 is 5.78 Å². The third-order valence-corrected chi connectivity index (χ3v) is 2.19. The maximum Gasteiger partial charge on any atom is 0.155 e. The van der Waals surface area contributed by atoms with E-state index in [0.29, 0.717) is 13.0 Å². The van der Waals surface area contributed by atoms with Crippen LogP contribution in [0.25, 0.3) is 0 Å². The standard InChI is InChI=1S/C9H16FNO2/c1-7(12)6-13-9-3-4-11(2)5-8(9)10/h8-9H,3-6H2,1-2H3. The van der Waals surface area contributed by atoms with E-state index < -0.39 is 6.17 Å². The molecule has 3 nitrogen and oxygen atoms in total. The second-order valence-corrected chi connectivity index (χ2v) is 3.62. The van der Waals surface area contributed by atoms with Gasteiger partial charge in [-0.3, -0.25) is 4.79 Å². The molecule has 0 aliphatic carbocycles. The zero-order valence-electron chi connectivity index (χ0n) is 8.12. The first-order valence-corrected chi connectivity index (χ1v) is 4.53. The van der Waals surface area contributed by atoms with Crippen molar-refractivity contribution in [2.24, 2.45) is 0 Å². The second-order valence-electron chi connectivity index (χ2n) is 3.62. The van der Waals surface area contributed by atoms with Crippen LogP contribution in [0.15, 0.2) is 0 Å². The highest BCUT2D eigenvalue weighted by atomic mass is 19.1. The number of hydrogen-bond acceptors (Lipinski definition) is 3. The first-order chi connectivity index (χ1) is 6.09. The Bertz CT molecular complexity index is 186. The SMILES string of the molecule is CC(=O)COC1CCN(C)CC1F. The van der Waals surface area contributed by atoms with E-state index in [9.17, 15) is 9.18 Å². The Balaban J connectivity index is 2.29. The average molecular weight is 189 g/mol. The molecule has 0 amide bonds. The lowest BCUT2D eigenvalue weighted by atomic mass is 10.1. The first-order valence-electron chi connectivity index (χ1n) is 4.53. The largest absolute Gasteiger partial charge is 0.367 e. The van der Waals surface area contributed by atoms with Gasteiger partial charge in [-0.1, -0.05) is 0 Å². The van der Waals surface area contributed by atoms with Crippen molar-refractivity contribution in [2.45, 2.75) is 25.6 Å². The van der Waals surface area contributed by atoms with Gasteiger partial charge in [-0.15, -0.1) is 0 Å². The van der Waals surface area contributed by atoms with Gasteiger partial charge in [0.2, 0.25) is 0 Å². The maximum absolute atomic E-state index is 13.3. The molecule has 1 fully saturated rings. The molecule has 1 aliphatic heterocycles. The quantitative estimate of drug-likeness (QED) is 0.652. The molecular formula is C9H16FNO2. The molecule has 2 unspecified atom stereocenters. The van der Waals surface area contributed by atoms with Gasteiger partial charge in [-0.05, 0) is 20.4 Å². The van der Waals surface area contributed by atoms with Crippen LogP contribution < -0.4 is 0 Å². The monoisotopic (exact) mass is 189 g/mol. The molecule has 13 heavy (non-hydrogen) atoms. The van der Waals surface area contributed by atoms with E-state index in [2.05, 4.69) is 0 Å². The molecule has 1 rings (SSSR count). The summed E-state index contributed by atoms with van der Waals surface area (Å²) in [6.45, 7) is 2.72. The Kier molecular flexibility index (Phi) is 3.81. The summed E-state index contributed by atoms with van der Waals surface area (Å²) in [6, 6.07) is 0. The smallest absolute Gasteiger partial charge is 0.155 e. The minimum atomic E-state index is -0.960. The first kappa shape index (κ1) is 10.6. The van der Waals surface area contributed by atoms with E-state index in [-0.39, 0.29) is 18.5 Å². The van der Waals surface area contributed by atoms with E-state index in [1.165, 1.54) is 6.92 Å². The van der Waals surface area contributed by atoms with E-state index >= 15 is 0 Å². The Labute approximate surface area is 77.9 Å². The Morgan fingerprint density at radius 3 is 2.92 bits per heavy atom. The lowest BCUT2D eigenvalue weighted by molar-refractivity contribution is -0.126. The van der Waals surface area contributed by atoms with Crippen molar-refractivity contribution in [3.63, 3.8) is 0 Å². The highest BCUT2D eigenvalue weighted by molar-refractivity contribution is 5.76. The molecule has 0 aromatic heterocycles. The molecule has 0 radical (unpaired) electrons. The predicted molar refractivity (Wildman–Crippen MR) is 47.4 cm³/mol. The molecule has 0 aromatic carbocycles. The summed E-state index contributed by atoms with van der Waals surface area (Å²) in [7, 11) is 1.88. The normalized spacial score (nSPS) is 30.4. The third-order valence-electron chi connectivity index (χ3n) is 2.19. The van der Waals surface area contributed by atoms with Crippen LogP contribution >= 0.6 is 0 Å². The van der Waals surface area contributed by atoms with Crippen LogP contribution in [0.3, 0.4) is 0 Å². The number of ether oxygens (including phenoxy) is 1. The number of Topliss-reactive ketones (excluding diaryl/α,β-unsaturated/α-hetero) is 1. The summed E-state index contributed by atoms with van der Waals surface area (Å²) in [5.74, 6) is -0.0499.